The highest BCUT2D eigenvalue weighted by atomic mass is 16.5. The first-order valence-electron chi connectivity index (χ1n) is 12.9. The van der Waals surface area contributed by atoms with Crippen molar-refractivity contribution in [3.8, 4) is 11.1 Å². The molecule has 0 aromatic heterocycles. The Balaban J connectivity index is 1.59. The lowest BCUT2D eigenvalue weighted by Crippen LogP contribution is -2.59. The average molecular weight is 521 g/mol. The van der Waals surface area contributed by atoms with E-state index in [0.29, 0.717) is 48.2 Å². The number of carbonyl (C=O) groups excluding carboxylic acids is 4. The molecule has 3 aliphatic heterocycles. The monoisotopic (exact) mass is 520 g/mol. The number of benzene rings is 2. The number of carbonyl (C=O) groups is 4. The van der Waals surface area contributed by atoms with Gasteiger partial charge in [0, 0.05) is 24.2 Å². The number of methoxy groups -OCH3 is 2. The van der Waals surface area contributed by atoms with Gasteiger partial charge in [-0.2, -0.15) is 0 Å². The normalized spacial score (nSPS) is 22.1. The van der Waals surface area contributed by atoms with E-state index in [-0.39, 0.29) is 37.1 Å². The minimum Gasteiger partial charge on any atom is -0.468 e. The third kappa shape index (κ3) is 4.65. The van der Waals surface area contributed by atoms with Crippen molar-refractivity contribution in [1.29, 1.82) is 0 Å². The van der Waals surface area contributed by atoms with E-state index < -0.39 is 12.1 Å². The standard InChI is InChI=1S/C28H32N4O6/c1-37-27(35)23-13-7-15-29(23)17-31-25(33)21-11-5-3-9-19(21)20-10-4-6-12-22(20)26(34)32(31)18-30-16-8-14-24(30)28(36)38-2/h3-6,9-12,23-24H,7-8,13-18H2,1-2H3/t23-,24-/m0/s1. The van der Waals surface area contributed by atoms with Gasteiger partial charge >= 0.3 is 11.9 Å². The predicted molar refractivity (Wildman–Crippen MR) is 137 cm³/mol. The molecule has 2 aromatic carbocycles. The van der Waals surface area contributed by atoms with Crippen molar-refractivity contribution >= 4 is 23.8 Å². The van der Waals surface area contributed by atoms with Gasteiger partial charge in [-0.25, -0.2) is 10.0 Å². The summed E-state index contributed by atoms with van der Waals surface area (Å²) in [6.45, 7) is 1.21. The van der Waals surface area contributed by atoms with Gasteiger partial charge < -0.3 is 9.47 Å². The van der Waals surface area contributed by atoms with Crippen LogP contribution >= 0.6 is 0 Å². The van der Waals surface area contributed by atoms with Crippen molar-refractivity contribution in [3.63, 3.8) is 0 Å². The van der Waals surface area contributed by atoms with Gasteiger partial charge in [-0.05, 0) is 48.9 Å². The molecule has 2 atom stereocenters. The number of likely N-dealkylation sites (tertiary alicyclic amines) is 2. The van der Waals surface area contributed by atoms with Crippen LogP contribution in [0, 0.1) is 0 Å². The SMILES string of the molecule is COC(=O)[C@@H]1CCCN1CN1C(=O)c2ccccc2-c2ccccc2C(=O)N1CN1CCC[C@H]1C(=O)OC. The first-order valence-corrected chi connectivity index (χ1v) is 12.9. The van der Waals surface area contributed by atoms with E-state index in [0.717, 1.165) is 12.8 Å². The molecule has 3 aliphatic rings. The summed E-state index contributed by atoms with van der Waals surface area (Å²) in [6.07, 6.45) is 2.76. The van der Waals surface area contributed by atoms with Crippen LogP contribution in [-0.4, -0.2) is 96.3 Å². The summed E-state index contributed by atoms with van der Waals surface area (Å²) in [7, 11) is 2.70. The molecule has 0 aliphatic carbocycles. The highest BCUT2D eigenvalue weighted by Gasteiger charge is 2.41. The van der Waals surface area contributed by atoms with Crippen molar-refractivity contribution in [2.45, 2.75) is 37.8 Å². The fourth-order valence-corrected chi connectivity index (χ4v) is 5.73. The van der Waals surface area contributed by atoms with Gasteiger partial charge in [0.25, 0.3) is 11.8 Å². The van der Waals surface area contributed by atoms with Crippen LogP contribution in [0.1, 0.15) is 46.4 Å². The molecule has 0 spiro atoms. The molecule has 38 heavy (non-hydrogen) atoms. The summed E-state index contributed by atoms with van der Waals surface area (Å²) in [5.41, 5.74) is 2.26. The van der Waals surface area contributed by atoms with Crippen molar-refractivity contribution in [3.05, 3.63) is 59.7 Å². The van der Waals surface area contributed by atoms with E-state index in [9.17, 15) is 19.2 Å². The Hall–Kier alpha value is -3.76. The number of nitrogens with zero attached hydrogens (tertiary/aromatic N) is 4. The van der Waals surface area contributed by atoms with Crippen molar-refractivity contribution in [2.24, 2.45) is 0 Å². The van der Waals surface area contributed by atoms with E-state index in [1.807, 2.05) is 34.1 Å². The Kier molecular flexibility index (Phi) is 7.44. The average Bonchev–Trinajstić information content (AvgIpc) is 3.62. The Bertz CT molecular complexity index is 1150. The van der Waals surface area contributed by atoms with Crippen LogP contribution in [-0.2, 0) is 19.1 Å². The first-order chi connectivity index (χ1) is 18.4. The maximum Gasteiger partial charge on any atom is 0.323 e. The summed E-state index contributed by atoms with van der Waals surface area (Å²) in [6, 6.07) is 13.5. The second-order valence-corrected chi connectivity index (χ2v) is 9.77. The minimum atomic E-state index is -0.507. The van der Waals surface area contributed by atoms with Crippen LogP contribution in [0.4, 0.5) is 0 Å². The molecule has 10 nitrogen and oxygen atoms in total. The molecule has 2 amide bonds. The summed E-state index contributed by atoms with van der Waals surface area (Å²) in [5.74, 6) is -1.44. The van der Waals surface area contributed by atoms with Gasteiger partial charge in [0.05, 0.1) is 27.6 Å². The van der Waals surface area contributed by atoms with Crippen LogP contribution in [0.5, 0.6) is 0 Å². The second kappa shape index (κ2) is 10.9. The fourth-order valence-electron chi connectivity index (χ4n) is 5.73. The number of fused-ring (bicyclic) bond motifs is 3. The van der Waals surface area contributed by atoms with E-state index >= 15 is 0 Å². The Labute approximate surface area is 221 Å². The van der Waals surface area contributed by atoms with E-state index in [2.05, 4.69) is 0 Å². The molecule has 0 saturated carbocycles. The van der Waals surface area contributed by atoms with Crippen LogP contribution in [0.2, 0.25) is 0 Å². The Morgan fingerprint density at radius 2 is 1.05 bits per heavy atom. The fraction of sp³-hybridized carbons (Fsp3) is 0.429. The van der Waals surface area contributed by atoms with Gasteiger partial charge in [0.2, 0.25) is 0 Å². The first kappa shape index (κ1) is 25.9. The van der Waals surface area contributed by atoms with Crippen LogP contribution in [0.15, 0.2) is 48.5 Å². The molecule has 2 saturated heterocycles. The molecule has 5 rings (SSSR count). The van der Waals surface area contributed by atoms with Crippen molar-refractivity contribution in [2.75, 3.05) is 40.6 Å². The van der Waals surface area contributed by atoms with Gasteiger partial charge in [0.1, 0.15) is 12.1 Å². The van der Waals surface area contributed by atoms with E-state index in [1.165, 1.54) is 24.2 Å². The molecule has 2 fully saturated rings. The third-order valence-corrected chi connectivity index (χ3v) is 7.67. The molecule has 0 radical (unpaired) electrons. The van der Waals surface area contributed by atoms with Gasteiger partial charge in [-0.3, -0.25) is 29.0 Å². The quantitative estimate of drug-likeness (QED) is 0.536. The lowest BCUT2D eigenvalue weighted by molar-refractivity contribution is -0.150. The number of amides is 2. The Morgan fingerprint density at radius 3 is 1.42 bits per heavy atom. The largest absolute Gasteiger partial charge is 0.468 e. The lowest BCUT2D eigenvalue weighted by atomic mass is 9.93. The third-order valence-electron chi connectivity index (χ3n) is 7.67. The van der Waals surface area contributed by atoms with Crippen LogP contribution in [0.25, 0.3) is 11.1 Å². The maximum absolute atomic E-state index is 14.2. The smallest absolute Gasteiger partial charge is 0.323 e. The van der Waals surface area contributed by atoms with E-state index in [4.69, 9.17) is 9.47 Å². The lowest BCUT2D eigenvalue weighted by Gasteiger charge is -2.42. The molecule has 200 valence electrons. The number of ether oxygens (including phenoxy) is 2. The molecular formula is C28H32N4O6. The highest BCUT2D eigenvalue weighted by Crippen LogP contribution is 2.33. The molecule has 0 bridgehead atoms. The minimum absolute atomic E-state index is 0.0254. The van der Waals surface area contributed by atoms with Gasteiger partial charge in [-0.15, -0.1) is 0 Å². The zero-order valence-corrected chi connectivity index (χ0v) is 21.7. The van der Waals surface area contributed by atoms with Gasteiger partial charge in [-0.1, -0.05) is 36.4 Å². The molecular weight excluding hydrogens is 488 g/mol. The zero-order valence-electron chi connectivity index (χ0n) is 21.7. The molecule has 3 heterocycles. The molecule has 10 heteroatoms. The summed E-state index contributed by atoms with van der Waals surface area (Å²) < 4.78 is 10.0. The van der Waals surface area contributed by atoms with Gasteiger partial charge in [0.15, 0.2) is 0 Å². The number of esters is 2. The summed E-state index contributed by atoms with van der Waals surface area (Å²) in [4.78, 5) is 57.2. The Morgan fingerprint density at radius 1 is 0.684 bits per heavy atom. The number of hydrogen-bond donors (Lipinski definition) is 0. The highest BCUT2D eigenvalue weighted by molar-refractivity contribution is 6.09. The molecule has 0 N–H and O–H groups in total. The number of hydrogen-bond acceptors (Lipinski definition) is 8. The predicted octanol–water partition coefficient (Wildman–Crippen LogP) is 2.36. The number of rotatable bonds is 6. The number of hydrazine groups is 1. The molecule has 2 aromatic rings. The maximum atomic E-state index is 14.2. The van der Waals surface area contributed by atoms with Crippen molar-refractivity contribution in [1.82, 2.24) is 19.8 Å². The summed E-state index contributed by atoms with van der Waals surface area (Å²) >= 11 is 0. The molecule has 0 unspecified atom stereocenters. The van der Waals surface area contributed by atoms with Crippen LogP contribution < -0.4 is 0 Å². The second-order valence-electron chi connectivity index (χ2n) is 9.77. The zero-order chi connectivity index (χ0) is 26.8. The topological polar surface area (TPSA) is 99.7 Å². The summed E-state index contributed by atoms with van der Waals surface area (Å²) in [5, 5.41) is 2.84. The van der Waals surface area contributed by atoms with Crippen LogP contribution in [0.3, 0.4) is 0 Å². The van der Waals surface area contributed by atoms with Crippen molar-refractivity contribution < 1.29 is 28.7 Å². The van der Waals surface area contributed by atoms with E-state index in [1.54, 1.807) is 24.3 Å².